The average Bonchev–Trinajstić information content (AvgIpc) is 3.60. The van der Waals surface area contributed by atoms with Crippen molar-refractivity contribution < 1.29 is 4.42 Å². The summed E-state index contributed by atoms with van der Waals surface area (Å²) in [5.41, 5.74) is 11.8. The predicted octanol–water partition coefficient (Wildman–Crippen LogP) is 12.4. The van der Waals surface area contributed by atoms with E-state index >= 15 is 0 Å². The molecule has 7 aromatic carbocycles. The Morgan fingerprint density at radius 3 is 1.69 bits per heavy atom. The Labute approximate surface area is 294 Å². The Morgan fingerprint density at radius 1 is 0.353 bits per heavy atom. The highest BCUT2D eigenvalue weighted by molar-refractivity contribution is 6.24. The zero-order valence-electron chi connectivity index (χ0n) is 27.5. The summed E-state index contributed by atoms with van der Waals surface area (Å²) in [6, 6.07) is 60.7. The molecule has 0 N–H and O–H groups in total. The molecule has 0 amide bonds. The number of aromatic nitrogens is 3. The van der Waals surface area contributed by atoms with E-state index in [-0.39, 0.29) is 0 Å². The predicted molar refractivity (Wildman–Crippen MR) is 209 cm³/mol. The quantitative estimate of drug-likeness (QED) is 0.174. The lowest BCUT2D eigenvalue weighted by atomic mass is 9.95. The van der Waals surface area contributed by atoms with E-state index in [2.05, 4.69) is 121 Å². The monoisotopic (exact) mass is 651 g/mol. The third-order valence-corrected chi connectivity index (χ3v) is 9.69. The lowest BCUT2D eigenvalue weighted by Crippen LogP contribution is -1.96. The van der Waals surface area contributed by atoms with E-state index in [0.717, 1.165) is 94.1 Å². The molecule has 0 spiro atoms. The number of para-hydroxylation sites is 2. The smallest absolute Gasteiger partial charge is 0.160 e. The van der Waals surface area contributed by atoms with Crippen molar-refractivity contribution in [2.75, 3.05) is 0 Å². The van der Waals surface area contributed by atoms with Crippen molar-refractivity contribution in [2.45, 2.75) is 0 Å². The van der Waals surface area contributed by atoms with E-state index in [1.807, 2.05) is 54.6 Å². The molecule has 4 heteroatoms. The standard InChI is InChI=1S/C47H29N3O/c1-3-12-31(13-4-1)41-29-42(32-14-5-2-6-15-32)50-47(49-41)33-24-22-30(23-25-33)34-16-11-17-35(28-34)45-39-27-26-37-36-18-8-10-21-43(36)51-46(37)44(39)38-19-7-9-20-40(38)48-45/h1-29H. The van der Waals surface area contributed by atoms with Gasteiger partial charge in [0.05, 0.1) is 22.6 Å². The first kappa shape index (κ1) is 29.0. The maximum Gasteiger partial charge on any atom is 0.160 e. The van der Waals surface area contributed by atoms with Crippen LogP contribution < -0.4 is 0 Å². The molecule has 3 aromatic heterocycles. The SMILES string of the molecule is c1ccc(-c2cc(-c3ccccc3)nc(-c3ccc(-c4cccc(-c5nc6ccccc6c6c5ccc5c7ccccc7oc56)c4)cc3)n2)cc1. The fourth-order valence-electron chi connectivity index (χ4n) is 7.18. The summed E-state index contributed by atoms with van der Waals surface area (Å²) in [5.74, 6) is 0.694. The molecule has 0 fully saturated rings. The van der Waals surface area contributed by atoms with Crippen molar-refractivity contribution in [3.05, 3.63) is 176 Å². The summed E-state index contributed by atoms with van der Waals surface area (Å²) in [7, 11) is 0. The molecular weight excluding hydrogens is 623 g/mol. The Hall–Kier alpha value is -6.91. The normalized spacial score (nSPS) is 11.5. The van der Waals surface area contributed by atoms with Gasteiger partial charge in [0.2, 0.25) is 0 Å². The number of benzene rings is 7. The van der Waals surface area contributed by atoms with Gasteiger partial charge >= 0.3 is 0 Å². The molecular formula is C47H29N3O. The van der Waals surface area contributed by atoms with Gasteiger partial charge in [-0.3, -0.25) is 0 Å². The van der Waals surface area contributed by atoms with Crippen LogP contribution >= 0.6 is 0 Å². The van der Waals surface area contributed by atoms with Gasteiger partial charge in [0.15, 0.2) is 5.82 Å². The lowest BCUT2D eigenvalue weighted by molar-refractivity contribution is 0.673. The van der Waals surface area contributed by atoms with Gasteiger partial charge in [-0.25, -0.2) is 15.0 Å². The van der Waals surface area contributed by atoms with Crippen LogP contribution in [0.15, 0.2) is 180 Å². The second-order valence-electron chi connectivity index (χ2n) is 12.8. The molecule has 0 saturated heterocycles. The fraction of sp³-hybridized carbons (Fsp3) is 0. The van der Waals surface area contributed by atoms with Crippen LogP contribution in [0.25, 0.3) is 99.9 Å². The Kier molecular flexibility index (Phi) is 6.78. The lowest BCUT2D eigenvalue weighted by Gasteiger charge is -2.12. The molecule has 4 nitrogen and oxygen atoms in total. The molecule has 0 aliphatic heterocycles. The van der Waals surface area contributed by atoms with Crippen LogP contribution in [0.3, 0.4) is 0 Å². The summed E-state index contributed by atoms with van der Waals surface area (Å²) in [4.78, 5) is 15.3. The molecule has 10 aromatic rings. The molecule has 0 radical (unpaired) electrons. The first-order valence-corrected chi connectivity index (χ1v) is 17.1. The van der Waals surface area contributed by atoms with Gasteiger partial charge in [0, 0.05) is 49.2 Å². The molecule has 0 saturated carbocycles. The summed E-state index contributed by atoms with van der Waals surface area (Å²) >= 11 is 0. The van der Waals surface area contributed by atoms with E-state index in [9.17, 15) is 0 Å². The number of furan rings is 1. The number of pyridine rings is 1. The van der Waals surface area contributed by atoms with E-state index in [0.29, 0.717) is 5.82 Å². The van der Waals surface area contributed by atoms with Crippen LogP contribution in [0, 0.1) is 0 Å². The average molecular weight is 652 g/mol. The minimum atomic E-state index is 0.694. The highest BCUT2D eigenvalue weighted by Gasteiger charge is 2.18. The third kappa shape index (κ3) is 5.04. The molecule has 0 unspecified atom stereocenters. The second kappa shape index (κ2) is 11.9. The minimum Gasteiger partial charge on any atom is -0.455 e. The molecule has 10 rings (SSSR count). The second-order valence-corrected chi connectivity index (χ2v) is 12.8. The highest BCUT2D eigenvalue weighted by atomic mass is 16.3. The van der Waals surface area contributed by atoms with Gasteiger partial charge in [0.25, 0.3) is 0 Å². The van der Waals surface area contributed by atoms with Crippen LogP contribution in [0.5, 0.6) is 0 Å². The Balaban J connectivity index is 1.07. The van der Waals surface area contributed by atoms with E-state index in [1.54, 1.807) is 0 Å². The van der Waals surface area contributed by atoms with Crippen LogP contribution in [0.2, 0.25) is 0 Å². The van der Waals surface area contributed by atoms with Crippen LogP contribution in [-0.2, 0) is 0 Å². The van der Waals surface area contributed by atoms with Gasteiger partial charge in [-0.2, -0.15) is 0 Å². The van der Waals surface area contributed by atoms with Gasteiger partial charge in [0.1, 0.15) is 11.2 Å². The highest BCUT2D eigenvalue weighted by Crippen LogP contribution is 2.41. The summed E-state index contributed by atoms with van der Waals surface area (Å²) in [5, 5.41) is 5.48. The molecule has 51 heavy (non-hydrogen) atoms. The van der Waals surface area contributed by atoms with Crippen LogP contribution in [0.4, 0.5) is 0 Å². The molecule has 0 atom stereocenters. The number of hydrogen-bond donors (Lipinski definition) is 0. The van der Waals surface area contributed by atoms with Gasteiger partial charge < -0.3 is 4.42 Å². The minimum absolute atomic E-state index is 0.694. The Bertz CT molecular complexity index is 2840. The summed E-state index contributed by atoms with van der Waals surface area (Å²) < 4.78 is 6.53. The van der Waals surface area contributed by atoms with Crippen molar-refractivity contribution in [3.63, 3.8) is 0 Å². The Morgan fingerprint density at radius 2 is 0.941 bits per heavy atom. The van der Waals surface area contributed by atoms with E-state index < -0.39 is 0 Å². The molecule has 0 aliphatic rings. The van der Waals surface area contributed by atoms with Gasteiger partial charge in [-0.15, -0.1) is 0 Å². The number of fused-ring (bicyclic) bond motifs is 7. The number of nitrogens with zero attached hydrogens (tertiary/aromatic N) is 3. The maximum atomic E-state index is 6.53. The van der Waals surface area contributed by atoms with Crippen LogP contribution in [0.1, 0.15) is 0 Å². The van der Waals surface area contributed by atoms with Gasteiger partial charge in [-0.1, -0.05) is 146 Å². The first-order valence-electron chi connectivity index (χ1n) is 17.1. The third-order valence-electron chi connectivity index (χ3n) is 9.69. The van der Waals surface area contributed by atoms with Crippen LogP contribution in [-0.4, -0.2) is 15.0 Å². The number of hydrogen-bond acceptors (Lipinski definition) is 4. The molecule has 238 valence electrons. The van der Waals surface area contributed by atoms with Gasteiger partial charge in [-0.05, 0) is 41.5 Å². The van der Waals surface area contributed by atoms with Crippen molar-refractivity contribution in [3.8, 4) is 56.3 Å². The summed E-state index contributed by atoms with van der Waals surface area (Å²) in [6.45, 7) is 0. The fourth-order valence-corrected chi connectivity index (χ4v) is 7.18. The van der Waals surface area contributed by atoms with E-state index in [1.165, 1.54) is 0 Å². The van der Waals surface area contributed by atoms with E-state index in [4.69, 9.17) is 19.4 Å². The largest absolute Gasteiger partial charge is 0.455 e. The van der Waals surface area contributed by atoms with Crippen molar-refractivity contribution in [1.82, 2.24) is 15.0 Å². The van der Waals surface area contributed by atoms with Crippen molar-refractivity contribution in [1.29, 1.82) is 0 Å². The maximum absolute atomic E-state index is 6.53. The summed E-state index contributed by atoms with van der Waals surface area (Å²) in [6.07, 6.45) is 0. The molecule has 3 heterocycles. The zero-order valence-corrected chi connectivity index (χ0v) is 27.5. The molecule has 0 bridgehead atoms. The topological polar surface area (TPSA) is 51.8 Å². The zero-order chi connectivity index (χ0) is 33.7. The molecule has 0 aliphatic carbocycles. The van der Waals surface area contributed by atoms with Crippen molar-refractivity contribution in [2.24, 2.45) is 0 Å². The first-order chi connectivity index (χ1) is 25.3. The number of rotatable bonds is 5. The van der Waals surface area contributed by atoms with Crippen molar-refractivity contribution >= 4 is 43.6 Å².